The van der Waals surface area contributed by atoms with Gasteiger partial charge >= 0.3 is 12.4 Å². The molecule has 18 heavy (non-hydrogen) atoms. The molecule has 1 aliphatic rings. The molecule has 1 saturated heterocycles. The topological polar surface area (TPSA) is 41.6 Å². The summed E-state index contributed by atoms with van der Waals surface area (Å²) in [5.41, 5.74) is -0.600. The number of hydrogen-bond acceptors (Lipinski definition) is 3. The Balaban J connectivity index is 2.34. The third-order valence-corrected chi connectivity index (χ3v) is 2.57. The molecule has 1 N–H and O–H groups in total. The maximum atomic E-state index is 12.4. The standard InChI is InChI=1S/C11H19F3N2O2/c1-10(2,3)18-9(17)15-8-4-6-16(7-5-8)11(12,13)14/h8H,4-7H2,1-3H3,(H,15,17). The number of amides is 1. The largest absolute Gasteiger partial charge is 0.459 e. The zero-order valence-corrected chi connectivity index (χ0v) is 10.8. The fourth-order valence-corrected chi connectivity index (χ4v) is 1.75. The van der Waals surface area contributed by atoms with E-state index in [2.05, 4.69) is 5.32 Å². The highest BCUT2D eigenvalue weighted by atomic mass is 19.4. The summed E-state index contributed by atoms with van der Waals surface area (Å²) in [6.45, 7) is 5.02. The minimum atomic E-state index is -4.28. The molecule has 7 heteroatoms. The Morgan fingerprint density at radius 2 is 1.72 bits per heavy atom. The average Bonchev–Trinajstić information content (AvgIpc) is 2.13. The molecule has 0 aromatic rings. The minimum absolute atomic E-state index is 0.0933. The second-order valence-electron chi connectivity index (χ2n) is 5.38. The first-order valence-electron chi connectivity index (χ1n) is 5.89. The summed E-state index contributed by atoms with van der Waals surface area (Å²) in [7, 11) is 0. The first-order chi connectivity index (χ1) is 8.08. The summed E-state index contributed by atoms with van der Waals surface area (Å²) in [5.74, 6) is 0. The van der Waals surface area contributed by atoms with Gasteiger partial charge in [0.05, 0.1) is 0 Å². The first-order valence-corrected chi connectivity index (χ1v) is 5.89. The molecule has 0 aromatic heterocycles. The van der Waals surface area contributed by atoms with Crippen LogP contribution in [0.1, 0.15) is 33.6 Å². The Labute approximate surface area is 104 Å². The quantitative estimate of drug-likeness (QED) is 0.743. The van der Waals surface area contributed by atoms with Crippen LogP contribution in [0.4, 0.5) is 18.0 Å². The van der Waals surface area contributed by atoms with Crippen molar-refractivity contribution in [3.8, 4) is 0 Å². The predicted octanol–water partition coefficient (Wildman–Crippen LogP) is 2.50. The number of nitrogens with one attached hydrogen (secondary N) is 1. The molecule has 0 aliphatic carbocycles. The van der Waals surface area contributed by atoms with Crippen LogP contribution in [0, 0.1) is 0 Å². The van der Waals surface area contributed by atoms with E-state index in [1.54, 1.807) is 20.8 Å². The van der Waals surface area contributed by atoms with Gasteiger partial charge in [-0.25, -0.2) is 9.69 Å². The van der Waals surface area contributed by atoms with E-state index < -0.39 is 18.0 Å². The number of halogens is 3. The first kappa shape index (κ1) is 15.1. The Kier molecular flexibility index (Phi) is 4.47. The highest BCUT2D eigenvalue weighted by Crippen LogP contribution is 2.25. The normalized spacial score (nSPS) is 19.7. The van der Waals surface area contributed by atoms with Gasteiger partial charge in [0.15, 0.2) is 0 Å². The van der Waals surface area contributed by atoms with Gasteiger partial charge in [-0.05, 0) is 33.6 Å². The molecule has 0 bridgehead atoms. The van der Waals surface area contributed by atoms with E-state index in [0.29, 0.717) is 4.90 Å². The van der Waals surface area contributed by atoms with Crippen molar-refractivity contribution in [1.29, 1.82) is 0 Å². The van der Waals surface area contributed by atoms with Crippen molar-refractivity contribution >= 4 is 6.09 Å². The van der Waals surface area contributed by atoms with Crippen molar-refractivity contribution in [1.82, 2.24) is 10.2 Å². The van der Waals surface area contributed by atoms with E-state index in [1.807, 2.05) is 0 Å². The summed E-state index contributed by atoms with van der Waals surface area (Å²) in [6.07, 6.45) is -4.30. The van der Waals surface area contributed by atoms with Crippen molar-refractivity contribution < 1.29 is 22.7 Å². The lowest BCUT2D eigenvalue weighted by Gasteiger charge is -2.33. The molecule has 0 unspecified atom stereocenters. The molecule has 0 atom stereocenters. The summed E-state index contributed by atoms with van der Waals surface area (Å²) in [4.78, 5) is 11.9. The molecule has 0 saturated carbocycles. The third kappa shape index (κ3) is 5.12. The fourth-order valence-electron chi connectivity index (χ4n) is 1.75. The van der Waals surface area contributed by atoms with E-state index in [4.69, 9.17) is 4.74 Å². The number of carbonyl (C=O) groups excluding carboxylic acids is 1. The SMILES string of the molecule is CC(C)(C)OC(=O)NC1CCN(C(F)(F)F)CC1. The lowest BCUT2D eigenvalue weighted by Crippen LogP contribution is -2.50. The highest BCUT2D eigenvalue weighted by molar-refractivity contribution is 5.68. The summed E-state index contributed by atoms with van der Waals surface area (Å²) in [5, 5.41) is 2.59. The Bertz CT molecular complexity index is 292. The van der Waals surface area contributed by atoms with Gasteiger partial charge in [-0.2, -0.15) is 13.2 Å². The predicted molar refractivity (Wildman–Crippen MR) is 60.0 cm³/mol. The number of nitrogens with zero attached hydrogens (tertiary/aromatic N) is 1. The molecule has 0 radical (unpaired) electrons. The third-order valence-electron chi connectivity index (χ3n) is 2.57. The summed E-state index contributed by atoms with van der Waals surface area (Å²) < 4.78 is 42.2. The summed E-state index contributed by atoms with van der Waals surface area (Å²) >= 11 is 0. The Morgan fingerprint density at radius 1 is 1.22 bits per heavy atom. The van der Waals surface area contributed by atoms with Crippen LogP contribution in [0.5, 0.6) is 0 Å². The molecule has 4 nitrogen and oxygen atoms in total. The monoisotopic (exact) mass is 268 g/mol. The second-order valence-corrected chi connectivity index (χ2v) is 5.38. The molecule has 1 heterocycles. The van der Waals surface area contributed by atoms with E-state index in [9.17, 15) is 18.0 Å². The molecule has 1 fully saturated rings. The van der Waals surface area contributed by atoms with Crippen LogP contribution in [0.3, 0.4) is 0 Å². The van der Waals surface area contributed by atoms with E-state index in [1.165, 1.54) is 0 Å². The molecule has 1 amide bonds. The number of ether oxygens (including phenoxy) is 1. The van der Waals surface area contributed by atoms with Crippen molar-refractivity contribution in [2.75, 3.05) is 13.1 Å². The van der Waals surface area contributed by atoms with Crippen molar-refractivity contribution in [3.05, 3.63) is 0 Å². The van der Waals surface area contributed by atoms with E-state index >= 15 is 0 Å². The number of alkyl carbamates (subject to hydrolysis) is 1. The average molecular weight is 268 g/mol. The van der Waals surface area contributed by atoms with Crippen LogP contribution < -0.4 is 5.32 Å². The minimum Gasteiger partial charge on any atom is -0.444 e. The maximum absolute atomic E-state index is 12.4. The van der Waals surface area contributed by atoms with Gasteiger partial charge in [0.25, 0.3) is 0 Å². The number of piperidine rings is 1. The van der Waals surface area contributed by atoms with Crippen molar-refractivity contribution in [2.45, 2.75) is 51.6 Å². The number of hydrogen-bond donors (Lipinski definition) is 1. The Morgan fingerprint density at radius 3 is 2.11 bits per heavy atom. The Hall–Kier alpha value is -0.980. The number of carbonyl (C=O) groups is 1. The van der Waals surface area contributed by atoms with Crippen LogP contribution in [0.25, 0.3) is 0 Å². The molecule has 106 valence electrons. The van der Waals surface area contributed by atoms with Crippen molar-refractivity contribution in [2.24, 2.45) is 0 Å². The van der Waals surface area contributed by atoms with Crippen LogP contribution in [0.2, 0.25) is 0 Å². The molecule has 0 spiro atoms. The van der Waals surface area contributed by atoms with Crippen LogP contribution in [-0.4, -0.2) is 42.0 Å². The van der Waals surface area contributed by atoms with Crippen LogP contribution in [-0.2, 0) is 4.74 Å². The van der Waals surface area contributed by atoms with Gasteiger partial charge in [0.1, 0.15) is 5.60 Å². The van der Waals surface area contributed by atoms with Gasteiger partial charge in [0.2, 0.25) is 0 Å². The zero-order valence-electron chi connectivity index (χ0n) is 10.8. The molecule has 0 aromatic carbocycles. The number of rotatable bonds is 1. The number of likely N-dealkylation sites (tertiary alicyclic amines) is 1. The highest BCUT2D eigenvalue weighted by Gasteiger charge is 2.39. The summed E-state index contributed by atoms with van der Waals surface area (Å²) in [6, 6.07) is -0.251. The zero-order chi connectivity index (χ0) is 14.0. The van der Waals surface area contributed by atoms with Gasteiger partial charge in [-0.15, -0.1) is 0 Å². The van der Waals surface area contributed by atoms with Crippen LogP contribution in [0.15, 0.2) is 0 Å². The second kappa shape index (κ2) is 5.34. The lowest BCUT2D eigenvalue weighted by molar-refractivity contribution is -0.250. The van der Waals surface area contributed by atoms with Gasteiger partial charge in [-0.3, -0.25) is 0 Å². The molecule has 1 rings (SSSR count). The fraction of sp³-hybridized carbons (Fsp3) is 0.909. The number of alkyl halides is 3. The smallest absolute Gasteiger partial charge is 0.444 e. The van der Waals surface area contributed by atoms with Gasteiger partial charge in [0, 0.05) is 19.1 Å². The van der Waals surface area contributed by atoms with Crippen molar-refractivity contribution in [3.63, 3.8) is 0 Å². The molecular formula is C11H19F3N2O2. The van der Waals surface area contributed by atoms with E-state index in [-0.39, 0.29) is 32.0 Å². The van der Waals surface area contributed by atoms with Gasteiger partial charge in [-0.1, -0.05) is 0 Å². The van der Waals surface area contributed by atoms with Crippen LogP contribution >= 0.6 is 0 Å². The molecule has 1 aliphatic heterocycles. The lowest BCUT2D eigenvalue weighted by atomic mass is 10.1. The van der Waals surface area contributed by atoms with Gasteiger partial charge < -0.3 is 10.1 Å². The van der Waals surface area contributed by atoms with E-state index in [0.717, 1.165) is 0 Å². The molecular weight excluding hydrogens is 249 g/mol. The maximum Gasteiger partial charge on any atom is 0.459 e.